The summed E-state index contributed by atoms with van der Waals surface area (Å²) in [5.41, 5.74) is 2.50. The van der Waals surface area contributed by atoms with Gasteiger partial charge in [0.25, 0.3) is 0 Å². The molecule has 0 aliphatic rings. The lowest BCUT2D eigenvalue weighted by atomic mass is 10.1. The molecule has 2 rings (SSSR count). The largest absolute Gasteiger partial charge is 0.295 e. The zero-order valence-corrected chi connectivity index (χ0v) is 14.0. The Bertz CT molecular complexity index is 539. The van der Waals surface area contributed by atoms with Crippen LogP contribution in [0.4, 0.5) is 0 Å². The Balaban J connectivity index is 2.09. The second-order valence-electron chi connectivity index (χ2n) is 4.74. The maximum absolute atomic E-state index is 6.26. The van der Waals surface area contributed by atoms with E-state index >= 15 is 0 Å². The Morgan fingerprint density at radius 3 is 2.37 bits per heavy atom. The summed E-state index contributed by atoms with van der Waals surface area (Å²) in [4.78, 5) is 2.31. The van der Waals surface area contributed by atoms with Gasteiger partial charge in [-0.15, -0.1) is 0 Å². The van der Waals surface area contributed by atoms with Crippen LogP contribution in [0.2, 0.25) is 5.02 Å². The van der Waals surface area contributed by atoms with Crippen LogP contribution in [-0.4, -0.2) is 11.9 Å². The summed E-state index contributed by atoms with van der Waals surface area (Å²) in [6, 6.07) is 17.0. The van der Waals surface area contributed by atoms with Crippen LogP contribution in [0.1, 0.15) is 24.1 Å². The molecule has 0 heterocycles. The van der Waals surface area contributed by atoms with Crippen LogP contribution >= 0.6 is 34.2 Å². The topological polar surface area (TPSA) is 3.24 Å². The average Bonchev–Trinajstić information content (AvgIpc) is 2.41. The van der Waals surface area contributed by atoms with Crippen molar-refractivity contribution in [2.45, 2.75) is 19.5 Å². The van der Waals surface area contributed by atoms with Crippen molar-refractivity contribution in [2.24, 2.45) is 0 Å². The van der Waals surface area contributed by atoms with Gasteiger partial charge in [-0.1, -0.05) is 41.9 Å². The Hall–Kier alpha value is -0.580. The van der Waals surface area contributed by atoms with Crippen LogP contribution in [0.25, 0.3) is 0 Å². The number of hydrogen-bond donors (Lipinski definition) is 0. The maximum Gasteiger partial charge on any atom is 0.0453 e. The number of halogens is 2. The van der Waals surface area contributed by atoms with Gasteiger partial charge < -0.3 is 0 Å². The Kier molecular flexibility index (Phi) is 5.25. The van der Waals surface area contributed by atoms with E-state index in [-0.39, 0.29) is 0 Å². The molecule has 1 atom stereocenters. The van der Waals surface area contributed by atoms with Crippen LogP contribution in [0.15, 0.2) is 48.5 Å². The summed E-state index contributed by atoms with van der Waals surface area (Å²) in [5.74, 6) is 0. The van der Waals surface area contributed by atoms with Crippen molar-refractivity contribution in [1.82, 2.24) is 4.90 Å². The van der Waals surface area contributed by atoms with Crippen molar-refractivity contribution in [3.05, 3.63) is 68.3 Å². The number of rotatable bonds is 4. The summed E-state index contributed by atoms with van der Waals surface area (Å²) in [6.07, 6.45) is 0. The molecule has 0 saturated carbocycles. The summed E-state index contributed by atoms with van der Waals surface area (Å²) in [5, 5.41) is 0.837. The van der Waals surface area contributed by atoms with Gasteiger partial charge in [0.1, 0.15) is 0 Å². The van der Waals surface area contributed by atoms with Crippen LogP contribution in [-0.2, 0) is 6.54 Å². The van der Waals surface area contributed by atoms with Gasteiger partial charge in [-0.2, -0.15) is 0 Å². The summed E-state index contributed by atoms with van der Waals surface area (Å²) in [7, 11) is 2.13. The average molecular weight is 386 g/mol. The molecule has 2 aromatic rings. The number of hydrogen-bond acceptors (Lipinski definition) is 1. The Labute approximate surface area is 133 Å². The standard InChI is InChI=1S/C16H17ClIN/c1-12(15-5-3-4-6-16(15)17)19(2)11-13-7-9-14(18)10-8-13/h3-10,12H,11H2,1-2H3. The molecule has 0 spiro atoms. The van der Waals surface area contributed by atoms with Gasteiger partial charge in [-0.3, -0.25) is 4.90 Å². The van der Waals surface area contributed by atoms with Gasteiger partial charge in [0.15, 0.2) is 0 Å². The number of benzene rings is 2. The molecule has 0 aliphatic carbocycles. The molecule has 0 saturated heterocycles. The molecule has 0 fully saturated rings. The first-order valence-corrected chi connectivity index (χ1v) is 7.72. The highest BCUT2D eigenvalue weighted by Crippen LogP contribution is 2.27. The van der Waals surface area contributed by atoms with E-state index in [1.165, 1.54) is 14.7 Å². The van der Waals surface area contributed by atoms with Crippen LogP contribution in [0.5, 0.6) is 0 Å². The predicted molar refractivity (Wildman–Crippen MR) is 90.5 cm³/mol. The third kappa shape index (κ3) is 3.94. The SMILES string of the molecule is CC(c1ccccc1Cl)N(C)Cc1ccc(I)cc1. The first kappa shape index (κ1) is 14.8. The van der Waals surface area contributed by atoms with E-state index in [0.717, 1.165) is 11.6 Å². The molecule has 0 N–H and O–H groups in total. The molecule has 0 aromatic heterocycles. The van der Waals surface area contributed by atoms with E-state index in [0.29, 0.717) is 6.04 Å². The third-order valence-corrected chi connectivity index (χ3v) is 4.43. The van der Waals surface area contributed by atoms with Crippen molar-refractivity contribution in [3.8, 4) is 0 Å². The van der Waals surface area contributed by atoms with E-state index in [2.05, 4.69) is 71.8 Å². The van der Waals surface area contributed by atoms with Gasteiger partial charge in [-0.05, 0) is 65.9 Å². The second kappa shape index (κ2) is 6.73. The first-order chi connectivity index (χ1) is 9.08. The molecule has 1 unspecified atom stereocenters. The molecule has 0 aliphatic heterocycles. The molecule has 3 heteroatoms. The highest BCUT2D eigenvalue weighted by Gasteiger charge is 2.14. The van der Waals surface area contributed by atoms with Gasteiger partial charge in [-0.25, -0.2) is 0 Å². The quantitative estimate of drug-likeness (QED) is 0.659. The summed E-state index contributed by atoms with van der Waals surface area (Å²) in [6.45, 7) is 3.11. The lowest BCUT2D eigenvalue weighted by molar-refractivity contribution is 0.253. The van der Waals surface area contributed by atoms with Gasteiger partial charge >= 0.3 is 0 Å². The Morgan fingerprint density at radius 2 is 1.74 bits per heavy atom. The molecule has 100 valence electrons. The minimum atomic E-state index is 0.299. The van der Waals surface area contributed by atoms with Crippen molar-refractivity contribution in [3.63, 3.8) is 0 Å². The molecular formula is C16H17ClIN. The van der Waals surface area contributed by atoms with Crippen molar-refractivity contribution >= 4 is 34.2 Å². The molecule has 2 aromatic carbocycles. The fourth-order valence-corrected chi connectivity index (χ4v) is 2.72. The van der Waals surface area contributed by atoms with Crippen LogP contribution in [0, 0.1) is 3.57 Å². The highest BCUT2D eigenvalue weighted by molar-refractivity contribution is 14.1. The maximum atomic E-state index is 6.26. The van der Waals surface area contributed by atoms with Crippen molar-refractivity contribution < 1.29 is 0 Å². The third-order valence-electron chi connectivity index (χ3n) is 3.36. The smallest absolute Gasteiger partial charge is 0.0453 e. The van der Waals surface area contributed by atoms with E-state index in [1.807, 2.05) is 18.2 Å². The van der Waals surface area contributed by atoms with E-state index < -0.39 is 0 Å². The van der Waals surface area contributed by atoms with E-state index in [9.17, 15) is 0 Å². The molecule has 0 radical (unpaired) electrons. The van der Waals surface area contributed by atoms with Crippen LogP contribution in [0.3, 0.4) is 0 Å². The summed E-state index contributed by atoms with van der Waals surface area (Å²) < 4.78 is 1.27. The van der Waals surface area contributed by atoms with E-state index in [1.54, 1.807) is 0 Å². The van der Waals surface area contributed by atoms with Gasteiger partial charge in [0, 0.05) is 21.2 Å². The Morgan fingerprint density at radius 1 is 1.11 bits per heavy atom. The normalized spacial score (nSPS) is 12.7. The monoisotopic (exact) mass is 385 g/mol. The first-order valence-electron chi connectivity index (χ1n) is 6.27. The molecular weight excluding hydrogens is 369 g/mol. The van der Waals surface area contributed by atoms with Gasteiger partial charge in [0.2, 0.25) is 0 Å². The van der Waals surface area contributed by atoms with Gasteiger partial charge in [0.05, 0.1) is 0 Å². The molecule has 19 heavy (non-hydrogen) atoms. The fourth-order valence-electron chi connectivity index (χ4n) is 2.07. The predicted octanol–water partition coefficient (Wildman–Crippen LogP) is 5.14. The second-order valence-corrected chi connectivity index (χ2v) is 6.39. The minimum Gasteiger partial charge on any atom is -0.295 e. The lowest BCUT2D eigenvalue weighted by Crippen LogP contribution is -2.22. The zero-order valence-electron chi connectivity index (χ0n) is 11.1. The van der Waals surface area contributed by atoms with E-state index in [4.69, 9.17) is 11.6 Å². The van der Waals surface area contributed by atoms with Crippen LogP contribution < -0.4 is 0 Å². The minimum absolute atomic E-state index is 0.299. The summed E-state index contributed by atoms with van der Waals surface area (Å²) >= 11 is 8.59. The highest BCUT2D eigenvalue weighted by atomic mass is 127. The molecule has 0 amide bonds. The number of nitrogens with zero attached hydrogens (tertiary/aromatic N) is 1. The fraction of sp³-hybridized carbons (Fsp3) is 0.250. The molecule has 1 nitrogen and oxygen atoms in total. The van der Waals surface area contributed by atoms with Crippen molar-refractivity contribution in [1.29, 1.82) is 0 Å². The van der Waals surface area contributed by atoms with Crippen molar-refractivity contribution in [2.75, 3.05) is 7.05 Å². The molecule has 0 bridgehead atoms. The lowest BCUT2D eigenvalue weighted by Gasteiger charge is -2.26. The zero-order chi connectivity index (χ0) is 13.8.